The van der Waals surface area contributed by atoms with Gasteiger partial charge in [-0.15, -0.1) is 0 Å². The van der Waals surface area contributed by atoms with Gasteiger partial charge >= 0.3 is 0 Å². The number of alkyl halides is 1. The van der Waals surface area contributed by atoms with Gasteiger partial charge in [0.25, 0.3) is 0 Å². The number of halogens is 2. The number of benzene rings is 1. The van der Waals surface area contributed by atoms with Crippen molar-refractivity contribution < 1.29 is 5.11 Å². The molecule has 1 N–H and O–H groups in total. The van der Waals surface area contributed by atoms with Gasteiger partial charge in [-0.3, -0.25) is 0 Å². The van der Waals surface area contributed by atoms with Crippen LogP contribution in [-0.4, -0.2) is 9.53 Å². The summed E-state index contributed by atoms with van der Waals surface area (Å²) in [5, 5.41) is 10.1. The van der Waals surface area contributed by atoms with Gasteiger partial charge in [0.2, 0.25) is 0 Å². The van der Waals surface area contributed by atoms with Crippen LogP contribution in [0.5, 0.6) is 0 Å². The Hall–Kier alpha value is 0.200. The summed E-state index contributed by atoms with van der Waals surface area (Å²) in [6.45, 7) is 0. The fourth-order valence-corrected chi connectivity index (χ4v) is 1.41. The lowest BCUT2D eigenvalue weighted by molar-refractivity contribution is 0.207. The lowest BCUT2D eigenvalue weighted by Crippen LogP contribution is -1.96. The molecule has 0 heterocycles. The maximum atomic E-state index is 9.37. The molecule has 1 aromatic carbocycles. The van der Waals surface area contributed by atoms with Crippen LogP contribution in [0.3, 0.4) is 0 Å². The van der Waals surface area contributed by atoms with Crippen molar-refractivity contribution in [2.24, 2.45) is 0 Å². The fourth-order valence-electron chi connectivity index (χ4n) is 0.774. The number of aliphatic hydroxyl groups is 1. The maximum absolute atomic E-state index is 9.37. The van der Waals surface area contributed by atoms with Gasteiger partial charge < -0.3 is 5.11 Å². The molecule has 0 radical (unpaired) electrons. The molecule has 3 heteroatoms. The van der Waals surface area contributed by atoms with E-state index in [1.807, 2.05) is 12.1 Å². The standard InChI is InChI=1S/C8H8ClIO/c9-7-3-1-6(2-4-7)8(11)5-10/h1-4,8,11H,5H2. The Kier molecular flexibility index (Phi) is 3.62. The maximum Gasteiger partial charge on any atom is 0.0879 e. The number of hydrogen-bond donors (Lipinski definition) is 1. The van der Waals surface area contributed by atoms with E-state index in [-0.39, 0.29) is 6.10 Å². The minimum atomic E-state index is -0.368. The lowest BCUT2D eigenvalue weighted by atomic mass is 10.1. The minimum absolute atomic E-state index is 0.368. The number of aliphatic hydroxyl groups excluding tert-OH is 1. The van der Waals surface area contributed by atoms with Crippen molar-refractivity contribution in [1.82, 2.24) is 0 Å². The van der Waals surface area contributed by atoms with E-state index in [9.17, 15) is 5.11 Å². The zero-order valence-electron chi connectivity index (χ0n) is 5.80. The van der Waals surface area contributed by atoms with Gasteiger partial charge in [0.1, 0.15) is 0 Å². The molecule has 0 amide bonds. The van der Waals surface area contributed by atoms with Crippen LogP contribution in [-0.2, 0) is 0 Å². The third-order valence-electron chi connectivity index (χ3n) is 1.40. The Morgan fingerprint density at radius 1 is 1.36 bits per heavy atom. The SMILES string of the molecule is OC(CI)c1ccc(Cl)cc1. The second kappa shape index (κ2) is 4.28. The first-order valence-corrected chi connectivity index (χ1v) is 5.14. The Labute approximate surface area is 84.5 Å². The Bertz CT molecular complexity index is 222. The van der Waals surface area contributed by atoms with E-state index < -0.39 is 0 Å². The molecule has 0 bridgehead atoms. The summed E-state index contributed by atoms with van der Waals surface area (Å²) < 4.78 is 0.708. The van der Waals surface area contributed by atoms with E-state index in [0.717, 1.165) is 5.56 Å². The zero-order chi connectivity index (χ0) is 8.27. The van der Waals surface area contributed by atoms with Crippen LogP contribution in [0.4, 0.5) is 0 Å². The predicted molar refractivity (Wildman–Crippen MR) is 55.3 cm³/mol. The van der Waals surface area contributed by atoms with Crippen molar-refractivity contribution in [2.75, 3.05) is 4.43 Å². The van der Waals surface area contributed by atoms with Crippen LogP contribution in [0.1, 0.15) is 11.7 Å². The lowest BCUT2D eigenvalue weighted by Gasteiger charge is -2.05. The van der Waals surface area contributed by atoms with Crippen LogP contribution < -0.4 is 0 Å². The van der Waals surface area contributed by atoms with Crippen molar-refractivity contribution in [3.8, 4) is 0 Å². The molecule has 0 fully saturated rings. The Balaban J connectivity index is 2.81. The molecule has 0 aliphatic carbocycles. The summed E-state index contributed by atoms with van der Waals surface area (Å²) in [5.41, 5.74) is 0.920. The second-order valence-electron chi connectivity index (χ2n) is 2.22. The average molecular weight is 283 g/mol. The molecule has 1 rings (SSSR count). The number of hydrogen-bond acceptors (Lipinski definition) is 1. The Morgan fingerprint density at radius 2 is 1.91 bits per heavy atom. The topological polar surface area (TPSA) is 20.2 Å². The quantitative estimate of drug-likeness (QED) is 0.653. The van der Waals surface area contributed by atoms with Crippen molar-refractivity contribution >= 4 is 34.2 Å². The first-order chi connectivity index (χ1) is 5.24. The Morgan fingerprint density at radius 3 is 2.36 bits per heavy atom. The van der Waals surface area contributed by atoms with E-state index in [4.69, 9.17) is 11.6 Å². The smallest absolute Gasteiger partial charge is 0.0879 e. The summed E-state index contributed by atoms with van der Waals surface area (Å²) in [4.78, 5) is 0. The fraction of sp³-hybridized carbons (Fsp3) is 0.250. The molecule has 1 aromatic rings. The van der Waals surface area contributed by atoms with Gasteiger partial charge in [0.05, 0.1) is 6.10 Å². The van der Waals surface area contributed by atoms with E-state index in [1.165, 1.54) is 0 Å². The van der Waals surface area contributed by atoms with Gasteiger partial charge in [-0.05, 0) is 17.7 Å². The predicted octanol–water partition coefficient (Wildman–Crippen LogP) is 2.81. The molecule has 1 atom stereocenters. The summed E-state index contributed by atoms with van der Waals surface area (Å²) in [7, 11) is 0. The molecular weight excluding hydrogens is 274 g/mol. The highest BCUT2D eigenvalue weighted by Gasteiger charge is 2.03. The molecule has 1 nitrogen and oxygen atoms in total. The second-order valence-corrected chi connectivity index (χ2v) is 3.54. The van der Waals surface area contributed by atoms with Crippen molar-refractivity contribution in [2.45, 2.75) is 6.10 Å². The largest absolute Gasteiger partial charge is 0.388 e. The van der Waals surface area contributed by atoms with E-state index in [1.54, 1.807) is 12.1 Å². The molecule has 60 valence electrons. The zero-order valence-corrected chi connectivity index (χ0v) is 8.71. The molecule has 0 spiro atoms. The highest BCUT2D eigenvalue weighted by molar-refractivity contribution is 14.1. The summed E-state index contributed by atoms with van der Waals surface area (Å²) in [5.74, 6) is 0. The van der Waals surface area contributed by atoms with Crippen molar-refractivity contribution in [3.05, 3.63) is 34.9 Å². The summed E-state index contributed by atoms with van der Waals surface area (Å²) >= 11 is 7.82. The molecular formula is C8H8ClIO. The average Bonchev–Trinajstić information content (AvgIpc) is 2.05. The van der Waals surface area contributed by atoms with Gasteiger partial charge in [-0.25, -0.2) is 0 Å². The van der Waals surface area contributed by atoms with Gasteiger partial charge in [-0.2, -0.15) is 0 Å². The van der Waals surface area contributed by atoms with Crippen LogP contribution >= 0.6 is 34.2 Å². The van der Waals surface area contributed by atoms with Crippen LogP contribution in [0.2, 0.25) is 5.02 Å². The molecule has 11 heavy (non-hydrogen) atoms. The van der Waals surface area contributed by atoms with E-state index in [0.29, 0.717) is 9.45 Å². The van der Waals surface area contributed by atoms with Crippen LogP contribution in [0, 0.1) is 0 Å². The summed E-state index contributed by atoms with van der Waals surface area (Å²) in [6.07, 6.45) is -0.368. The third-order valence-corrected chi connectivity index (χ3v) is 2.49. The van der Waals surface area contributed by atoms with E-state index >= 15 is 0 Å². The molecule has 0 aliphatic heterocycles. The minimum Gasteiger partial charge on any atom is -0.388 e. The van der Waals surface area contributed by atoms with Crippen molar-refractivity contribution in [1.29, 1.82) is 0 Å². The first-order valence-electron chi connectivity index (χ1n) is 3.23. The number of rotatable bonds is 2. The first kappa shape index (κ1) is 9.29. The third kappa shape index (κ3) is 2.61. The monoisotopic (exact) mass is 282 g/mol. The summed E-state index contributed by atoms with van der Waals surface area (Å²) in [6, 6.07) is 7.25. The van der Waals surface area contributed by atoms with Crippen LogP contribution in [0.25, 0.3) is 0 Å². The van der Waals surface area contributed by atoms with Gasteiger partial charge in [0, 0.05) is 9.45 Å². The molecule has 0 saturated heterocycles. The van der Waals surface area contributed by atoms with Crippen molar-refractivity contribution in [3.63, 3.8) is 0 Å². The van der Waals surface area contributed by atoms with Crippen LogP contribution in [0.15, 0.2) is 24.3 Å². The highest BCUT2D eigenvalue weighted by atomic mass is 127. The van der Waals surface area contributed by atoms with E-state index in [2.05, 4.69) is 22.6 Å². The molecule has 1 unspecified atom stereocenters. The normalized spacial score (nSPS) is 13.0. The van der Waals surface area contributed by atoms with Gasteiger partial charge in [0.15, 0.2) is 0 Å². The molecule has 0 aromatic heterocycles. The highest BCUT2D eigenvalue weighted by Crippen LogP contribution is 2.17. The molecule has 0 saturated carbocycles. The molecule has 0 aliphatic rings. The van der Waals surface area contributed by atoms with Gasteiger partial charge in [-0.1, -0.05) is 46.3 Å².